The fraction of sp³-hybridized carbons (Fsp3) is 0.250. The van der Waals surface area contributed by atoms with Crippen molar-refractivity contribution in [2.75, 3.05) is 16.8 Å². The van der Waals surface area contributed by atoms with Crippen LogP contribution in [0.5, 0.6) is 5.75 Å². The highest BCUT2D eigenvalue weighted by Gasteiger charge is 2.37. The molecular formula is C20H17ClN2O4. The monoisotopic (exact) mass is 384 g/mol. The van der Waals surface area contributed by atoms with Crippen LogP contribution in [0.25, 0.3) is 0 Å². The number of rotatable bonds is 3. The molecule has 2 aromatic rings. The summed E-state index contributed by atoms with van der Waals surface area (Å²) in [6.45, 7) is 0.238. The van der Waals surface area contributed by atoms with Crippen molar-refractivity contribution < 1.29 is 19.1 Å². The Morgan fingerprint density at radius 1 is 1.15 bits per heavy atom. The van der Waals surface area contributed by atoms with Gasteiger partial charge in [-0.05, 0) is 42.3 Å². The molecule has 2 aliphatic heterocycles. The van der Waals surface area contributed by atoms with Crippen LogP contribution < -0.4 is 15.0 Å². The number of nitrogens with zero attached hydrogens (tertiary/aromatic N) is 1. The number of esters is 1. The van der Waals surface area contributed by atoms with Crippen molar-refractivity contribution in [1.29, 1.82) is 0 Å². The molecule has 2 aliphatic rings. The molecule has 0 aliphatic carbocycles. The number of carbonyl (C=O) groups excluding carboxylic acids is 3. The summed E-state index contributed by atoms with van der Waals surface area (Å²) in [5.74, 6) is -0.754. The largest absolute Gasteiger partial charge is 0.426 e. The summed E-state index contributed by atoms with van der Waals surface area (Å²) in [6, 6.07) is 12.2. The number of benzene rings is 2. The van der Waals surface area contributed by atoms with Crippen LogP contribution in [0, 0.1) is 5.92 Å². The molecule has 1 N–H and O–H groups in total. The average Bonchev–Trinajstić information content (AvgIpc) is 3.04. The zero-order valence-electron chi connectivity index (χ0n) is 14.4. The molecule has 138 valence electrons. The number of hydrogen-bond acceptors (Lipinski definition) is 4. The molecular weight excluding hydrogens is 368 g/mol. The number of fused-ring (bicyclic) bond motifs is 1. The molecule has 1 atom stereocenters. The first-order valence-electron chi connectivity index (χ1n) is 8.70. The van der Waals surface area contributed by atoms with Gasteiger partial charge in [0.25, 0.3) is 0 Å². The Kier molecular flexibility index (Phi) is 4.58. The molecule has 0 unspecified atom stereocenters. The number of para-hydroxylation sites is 1. The lowest BCUT2D eigenvalue weighted by atomic mass is 10.0. The van der Waals surface area contributed by atoms with Gasteiger partial charge in [0, 0.05) is 25.1 Å². The van der Waals surface area contributed by atoms with Gasteiger partial charge in [0.2, 0.25) is 11.8 Å². The topological polar surface area (TPSA) is 75.7 Å². The van der Waals surface area contributed by atoms with E-state index >= 15 is 0 Å². The maximum absolute atomic E-state index is 12.5. The number of aryl methyl sites for hydroxylation is 1. The third kappa shape index (κ3) is 3.53. The zero-order valence-corrected chi connectivity index (χ0v) is 15.2. The summed E-state index contributed by atoms with van der Waals surface area (Å²) >= 11 is 6.16. The van der Waals surface area contributed by atoms with Crippen LogP contribution in [0.4, 0.5) is 11.4 Å². The van der Waals surface area contributed by atoms with E-state index in [2.05, 4.69) is 5.32 Å². The second-order valence-electron chi connectivity index (χ2n) is 6.65. The lowest BCUT2D eigenvalue weighted by molar-refractivity contribution is -0.139. The van der Waals surface area contributed by atoms with E-state index in [-0.39, 0.29) is 24.8 Å². The van der Waals surface area contributed by atoms with E-state index < -0.39 is 11.9 Å². The van der Waals surface area contributed by atoms with Crippen molar-refractivity contribution in [3.63, 3.8) is 0 Å². The minimum Gasteiger partial charge on any atom is -0.426 e. The molecule has 4 rings (SSSR count). The van der Waals surface area contributed by atoms with E-state index in [4.69, 9.17) is 16.3 Å². The molecule has 0 spiro atoms. The highest BCUT2D eigenvalue weighted by Crippen LogP contribution is 2.32. The van der Waals surface area contributed by atoms with Crippen LogP contribution in [0.2, 0.25) is 5.02 Å². The maximum Gasteiger partial charge on any atom is 0.316 e. The Bertz CT molecular complexity index is 943. The summed E-state index contributed by atoms with van der Waals surface area (Å²) in [7, 11) is 0. The van der Waals surface area contributed by atoms with Gasteiger partial charge in [-0.3, -0.25) is 14.4 Å². The first kappa shape index (κ1) is 17.5. The van der Waals surface area contributed by atoms with Crippen molar-refractivity contribution in [3.05, 3.63) is 53.1 Å². The Hall–Kier alpha value is -2.86. The van der Waals surface area contributed by atoms with Crippen molar-refractivity contribution >= 4 is 40.8 Å². The van der Waals surface area contributed by atoms with Crippen molar-refractivity contribution in [2.45, 2.75) is 19.3 Å². The van der Waals surface area contributed by atoms with Crippen molar-refractivity contribution in [1.82, 2.24) is 0 Å². The average molecular weight is 385 g/mol. The minimum atomic E-state index is -0.551. The fourth-order valence-electron chi connectivity index (χ4n) is 3.39. The summed E-state index contributed by atoms with van der Waals surface area (Å²) in [5, 5.41) is 3.26. The van der Waals surface area contributed by atoms with Gasteiger partial charge in [-0.15, -0.1) is 0 Å². The molecule has 7 heteroatoms. The van der Waals surface area contributed by atoms with Gasteiger partial charge in [-0.1, -0.05) is 23.7 Å². The minimum absolute atomic E-state index is 0.0172. The fourth-order valence-corrected chi connectivity index (χ4v) is 3.63. The first-order valence-corrected chi connectivity index (χ1v) is 9.08. The summed E-state index contributed by atoms with van der Waals surface area (Å²) in [5.41, 5.74) is 2.27. The van der Waals surface area contributed by atoms with Crippen LogP contribution in [-0.2, 0) is 20.8 Å². The van der Waals surface area contributed by atoms with E-state index in [1.165, 1.54) is 4.90 Å². The maximum atomic E-state index is 12.5. The van der Waals surface area contributed by atoms with E-state index in [9.17, 15) is 14.4 Å². The predicted molar refractivity (Wildman–Crippen MR) is 101 cm³/mol. The van der Waals surface area contributed by atoms with Crippen LogP contribution in [-0.4, -0.2) is 24.3 Å². The number of hydrogen-bond donors (Lipinski definition) is 1. The SMILES string of the molecule is O=C1CCc2cc(OC(=O)[C@H]3CC(=O)N(c4ccccc4Cl)C3)ccc2N1. The predicted octanol–water partition coefficient (Wildman–Crippen LogP) is 3.18. The highest BCUT2D eigenvalue weighted by atomic mass is 35.5. The summed E-state index contributed by atoms with van der Waals surface area (Å²) in [6.07, 6.45) is 1.11. The molecule has 2 heterocycles. The van der Waals surface area contributed by atoms with Gasteiger partial charge in [0.1, 0.15) is 5.75 Å². The lowest BCUT2D eigenvalue weighted by Gasteiger charge is -2.19. The smallest absolute Gasteiger partial charge is 0.316 e. The lowest BCUT2D eigenvalue weighted by Crippen LogP contribution is -2.27. The summed E-state index contributed by atoms with van der Waals surface area (Å²) < 4.78 is 5.49. The highest BCUT2D eigenvalue weighted by molar-refractivity contribution is 6.33. The van der Waals surface area contributed by atoms with Gasteiger partial charge >= 0.3 is 5.97 Å². The molecule has 0 radical (unpaired) electrons. The Labute approximate surface area is 161 Å². The third-order valence-corrected chi connectivity index (χ3v) is 5.11. The van der Waals surface area contributed by atoms with Crippen LogP contribution >= 0.6 is 11.6 Å². The van der Waals surface area contributed by atoms with Gasteiger partial charge < -0.3 is 15.0 Å². The Morgan fingerprint density at radius 3 is 2.78 bits per heavy atom. The molecule has 27 heavy (non-hydrogen) atoms. The quantitative estimate of drug-likeness (QED) is 0.651. The number of ether oxygens (including phenoxy) is 1. The molecule has 6 nitrogen and oxygen atoms in total. The molecule has 0 aromatic heterocycles. The van der Waals surface area contributed by atoms with E-state index in [0.717, 1.165) is 11.3 Å². The van der Waals surface area contributed by atoms with Gasteiger partial charge in [0.15, 0.2) is 0 Å². The number of anilines is 2. The third-order valence-electron chi connectivity index (χ3n) is 4.79. The molecule has 2 amide bonds. The number of amides is 2. The molecule has 1 saturated heterocycles. The number of nitrogens with one attached hydrogen (secondary N) is 1. The Morgan fingerprint density at radius 2 is 1.96 bits per heavy atom. The second-order valence-corrected chi connectivity index (χ2v) is 7.05. The zero-order chi connectivity index (χ0) is 19.0. The molecule has 0 bridgehead atoms. The van der Waals surface area contributed by atoms with Crippen LogP contribution in [0.3, 0.4) is 0 Å². The summed E-state index contributed by atoms with van der Waals surface area (Å²) in [4.78, 5) is 37.8. The molecule has 0 saturated carbocycles. The molecule has 2 aromatic carbocycles. The molecule has 1 fully saturated rings. The van der Waals surface area contributed by atoms with Gasteiger partial charge in [-0.25, -0.2) is 0 Å². The van der Waals surface area contributed by atoms with E-state index in [1.54, 1.807) is 42.5 Å². The number of halogens is 1. The van der Waals surface area contributed by atoms with Crippen LogP contribution in [0.1, 0.15) is 18.4 Å². The normalized spacial score (nSPS) is 18.9. The second kappa shape index (κ2) is 7.04. The van der Waals surface area contributed by atoms with Crippen molar-refractivity contribution in [2.24, 2.45) is 5.92 Å². The van der Waals surface area contributed by atoms with Crippen molar-refractivity contribution in [3.8, 4) is 5.75 Å². The Balaban J connectivity index is 1.46. The van der Waals surface area contributed by atoms with Gasteiger partial charge in [0.05, 0.1) is 16.6 Å². The van der Waals surface area contributed by atoms with E-state index in [1.807, 2.05) is 0 Å². The van der Waals surface area contributed by atoms with Gasteiger partial charge in [-0.2, -0.15) is 0 Å². The van der Waals surface area contributed by atoms with Crippen LogP contribution in [0.15, 0.2) is 42.5 Å². The standard InChI is InChI=1S/C20H17ClN2O4/c21-15-3-1-2-4-17(15)23-11-13(10-19(23)25)20(26)27-14-6-7-16-12(9-14)5-8-18(24)22-16/h1-4,6-7,9,13H,5,8,10-11H2,(H,22,24)/t13-/m0/s1. The van der Waals surface area contributed by atoms with E-state index in [0.29, 0.717) is 29.3 Å². The number of carbonyl (C=O) groups is 3. The first-order chi connectivity index (χ1) is 13.0.